The zero-order valence-electron chi connectivity index (χ0n) is 20.9. The van der Waals surface area contributed by atoms with Crippen LogP contribution in [0, 0.1) is 0 Å². The number of pyridine rings is 1. The third-order valence-electron chi connectivity index (χ3n) is 7.16. The Bertz CT molecular complexity index is 1420. The summed E-state index contributed by atoms with van der Waals surface area (Å²) in [5, 5.41) is 4.18. The van der Waals surface area contributed by atoms with Crippen molar-refractivity contribution >= 4 is 16.7 Å². The summed E-state index contributed by atoms with van der Waals surface area (Å²) in [6.45, 7) is 5.04. The van der Waals surface area contributed by atoms with E-state index in [2.05, 4.69) is 36.3 Å². The van der Waals surface area contributed by atoms with Crippen molar-refractivity contribution in [3.05, 3.63) is 110 Å². The molecule has 1 aromatic heterocycles. The summed E-state index contributed by atoms with van der Waals surface area (Å²) in [6.07, 6.45) is 3.99. The minimum Gasteiger partial charge on any atom is -0.487 e. The van der Waals surface area contributed by atoms with Gasteiger partial charge in [0.2, 0.25) is 5.56 Å². The number of carbonyl (C=O) groups excluding carboxylic acids is 1. The van der Waals surface area contributed by atoms with Crippen LogP contribution in [-0.2, 0) is 32.3 Å². The quantitative estimate of drug-likeness (QED) is 0.324. The third kappa shape index (κ3) is 4.98. The SMILES string of the molecule is CCc1cc2c(cc1CC)CC(NCC(=O)c1ccc(OCc3ccccc3)c3[nH]c(=O)ccc13)C2. The van der Waals surface area contributed by atoms with E-state index in [9.17, 15) is 9.59 Å². The highest BCUT2D eigenvalue weighted by molar-refractivity contribution is 6.09. The molecule has 0 atom stereocenters. The maximum atomic E-state index is 13.3. The van der Waals surface area contributed by atoms with Crippen LogP contribution in [0.5, 0.6) is 5.75 Å². The largest absolute Gasteiger partial charge is 0.487 e. The smallest absolute Gasteiger partial charge is 0.248 e. The average molecular weight is 481 g/mol. The lowest BCUT2D eigenvalue weighted by Gasteiger charge is -2.14. The first-order chi connectivity index (χ1) is 17.6. The summed E-state index contributed by atoms with van der Waals surface area (Å²) < 4.78 is 6.01. The molecule has 0 spiro atoms. The molecule has 0 bridgehead atoms. The molecule has 4 aromatic rings. The van der Waals surface area contributed by atoms with E-state index in [4.69, 9.17) is 4.74 Å². The van der Waals surface area contributed by atoms with Crippen molar-refractivity contribution in [2.24, 2.45) is 0 Å². The Hall–Kier alpha value is -3.70. The first kappa shape index (κ1) is 24.0. The van der Waals surface area contributed by atoms with Crippen LogP contribution in [0.4, 0.5) is 0 Å². The Morgan fingerprint density at radius 1 is 0.944 bits per heavy atom. The van der Waals surface area contributed by atoms with Gasteiger partial charge in [0.1, 0.15) is 12.4 Å². The van der Waals surface area contributed by atoms with Gasteiger partial charge < -0.3 is 15.0 Å². The minimum atomic E-state index is -0.226. The average Bonchev–Trinajstić information content (AvgIpc) is 3.31. The lowest BCUT2D eigenvalue weighted by Crippen LogP contribution is -2.34. The van der Waals surface area contributed by atoms with Crippen molar-refractivity contribution < 1.29 is 9.53 Å². The number of ketones is 1. The van der Waals surface area contributed by atoms with E-state index in [-0.39, 0.29) is 23.9 Å². The predicted octanol–water partition coefficient (Wildman–Crippen LogP) is 5.17. The Balaban J connectivity index is 1.31. The molecule has 0 amide bonds. The zero-order chi connectivity index (χ0) is 25.1. The summed E-state index contributed by atoms with van der Waals surface area (Å²) in [4.78, 5) is 28.2. The van der Waals surface area contributed by atoms with Crippen LogP contribution in [0.1, 0.15) is 52.0 Å². The second-order valence-corrected chi connectivity index (χ2v) is 9.50. The van der Waals surface area contributed by atoms with Crippen molar-refractivity contribution in [2.45, 2.75) is 52.2 Å². The number of aromatic nitrogens is 1. The van der Waals surface area contributed by atoms with Crippen LogP contribution >= 0.6 is 0 Å². The molecule has 36 heavy (non-hydrogen) atoms. The maximum absolute atomic E-state index is 13.3. The van der Waals surface area contributed by atoms with E-state index in [1.165, 1.54) is 28.3 Å². The molecule has 3 aromatic carbocycles. The van der Waals surface area contributed by atoms with Crippen LogP contribution in [0.25, 0.3) is 10.9 Å². The topological polar surface area (TPSA) is 71.2 Å². The summed E-state index contributed by atoms with van der Waals surface area (Å²) in [7, 11) is 0. The normalized spacial score (nSPS) is 13.2. The monoisotopic (exact) mass is 480 g/mol. The molecule has 1 aliphatic carbocycles. The number of H-pyrrole nitrogens is 1. The first-order valence-electron chi connectivity index (χ1n) is 12.8. The minimum absolute atomic E-state index is 0.00103. The number of aryl methyl sites for hydroxylation is 2. The van der Waals surface area contributed by atoms with Crippen LogP contribution in [-0.4, -0.2) is 23.4 Å². The number of hydrogen-bond acceptors (Lipinski definition) is 4. The lowest BCUT2D eigenvalue weighted by atomic mass is 9.97. The molecule has 0 aliphatic heterocycles. The fraction of sp³-hybridized carbons (Fsp3) is 0.290. The summed E-state index contributed by atoms with van der Waals surface area (Å²) in [5.74, 6) is 0.557. The third-order valence-corrected chi connectivity index (χ3v) is 7.16. The van der Waals surface area contributed by atoms with Gasteiger partial charge in [0.05, 0.1) is 12.1 Å². The number of benzene rings is 3. The number of nitrogens with one attached hydrogen (secondary N) is 2. The standard InChI is InChI=1S/C31H32N2O3/c1-3-21-14-23-16-25(17-24(23)15-22(21)4-2)32-18-28(34)26-10-12-29(31-27(26)11-13-30(35)33-31)36-19-20-8-6-5-7-9-20/h5-15,25,32H,3-4,16-19H2,1-2H3,(H,33,35). The molecule has 1 aliphatic rings. The van der Waals surface area contributed by atoms with Crippen molar-refractivity contribution in [1.82, 2.24) is 10.3 Å². The number of carbonyl (C=O) groups is 1. The second-order valence-electron chi connectivity index (χ2n) is 9.50. The van der Waals surface area contributed by atoms with Gasteiger partial charge in [-0.1, -0.05) is 56.3 Å². The predicted molar refractivity (Wildman–Crippen MR) is 144 cm³/mol. The van der Waals surface area contributed by atoms with Crippen LogP contribution in [0.15, 0.2) is 71.5 Å². The molecule has 1 heterocycles. The first-order valence-corrected chi connectivity index (χ1v) is 12.8. The van der Waals surface area contributed by atoms with Gasteiger partial charge in [-0.05, 0) is 71.7 Å². The molecule has 184 valence electrons. The molecule has 0 saturated carbocycles. The van der Waals surface area contributed by atoms with E-state index in [1.807, 2.05) is 30.3 Å². The van der Waals surface area contributed by atoms with E-state index in [1.54, 1.807) is 18.2 Å². The Morgan fingerprint density at radius 2 is 1.64 bits per heavy atom. The molecule has 0 unspecified atom stereocenters. The summed E-state index contributed by atoms with van der Waals surface area (Å²) >= 11 is 0. The Morgan fingerprint density at radius 3 is 2.31 bits per heavy atom. The summed E-state index contributed by atoms with van der Waals surface area (Å²) in [5.41, 5.74) is 7.61. The van der Waals surface area contributed by atoms with Crippen molar-refractivity contribution in [3.8, 4) is 5.75 Å². The Labute approximate surface area is 211 Å². The van der Waals surface area contributed by atoms with Gasteiger partial charge in [-0.15, -0.1) is 0 Å². The molecule has 0 radical (unpaired) electrons. The molecule has 5 heteroatoms. The van der Waals surface area contributed by atoms with Crippen LogP contribution in [0.3, 0.4) is 0 Å². The lowest BCUT2D eigenvalue weighted by molar-refractivity contribution is 0.0989. The zero-order valence-corrected chi connectivity index (χ0v) is 20.9. The van der Waals surface area contributed by atoms with Crippen LogP contribution in [0.2, 0.25) is 0 Å². The van der Waals surface area contributed by atoms with Gasteiger partial charge in [0, 0.05) is 23.1 Å². The second kappa shape index (κ2) is 10.5. The molecule has 5 nitrogen and oxygen atoms in total. The van der Waals surface area contributed by atoms with E-state index in [0.29, 0.717) is 28.8 Å². The number of fused-ring (bicyclic) bond motifs is 2. The van der Waals surface area contributed by atoms with Crippen molar-refractivity contribution in [2.75, 3.05) is 6.54 Å². The molecular formula is C31H32N2O3. The number of ether oxygens (including phenoxy) is 1. The van der Waals surface area contributed by atoms with Gasteiger partial charge in [0.25, 0.3) is 0 Å². The van der Waals surface area contributed by atoms with Crippen molar-refractivity contribution in [3.63, 3.8) is 0 Å². The van der Waals surface area contributed by atoms with Crippen LogP contribution < -0.4 is 15.6 Å². The molecule has 0 fully saturated rings. The van der Waals surface area contributed by atoms with Gasteiger partial charge in [-0.25, -0.2) is 0 Å². The number of hydrogen-bond donors (Lipinski definition) is 2. The van der Waals surface area contributed by atoms with Gasteiger partial charge in [0.15, 0.2) is 5.78 Å². The molecule has 5 rings (SSSR count). The van der Waals surface area contributed by atoms with E-state index in [0.717, 1.165) is 31.2 Å². The fourth-order valence-electron chi connectivity index (χ4n) is 5.23. The number of rotatable bonds is 9. The number of Topliss-reactive ketones (excluding diaryl/α,β-unsaturated/α-hetero) is 1. The number of aromatic amines is 1. The maximum Gasteiger partial charge on any atom is 0.248 e. The highest BCUT2D eigenvalue weighted by atomic mass is 16.5. The highest BCUT2D eigenvalue weighted by Crippen LogP contribution is 2.29. The fourth-order valence-corrected chi connectivity index (χ4v) is 5.23. The molecular weight excluding hydrogens is 448 g/mol. The summed E-state index contributed by atoms with van der Waals surface area (Å²) in [6, 6.07) is 21.6. The molecule has 2 N–H and O–H groups in total. The Kier molecular flexibility index (Phi) is 7.01. The van der Waals surface area contributed by atoms with Gasteiger partial charge >= 0.3 is 0 Å². The van der Waals surface area contributed by atoms with E-state index >= 15 is 0 Å². The highest BCUT2D eigenvalue weighted by Gasteiger charge is 2.24. The van der Waals surface area contributed by atoms with Gasteiger partial charge in [-0.2, -0.15) is 0 Å². The van der Waals surface area contributed by atoms with Gasteiger partial charge in [-0.3, -0.25) is 9.59 Å². The molecule has 0 saturated heterocycles. The van der Waals surface area contributed by atoms with E-state index < -0.39 is 0 Å². The van der Waals surface area contributed by atoms with Crippen molar-refractivity contribution in [1.29, 1.82) is 0 Å².